The van der Waals surface area contributed by atoms with Crippen LogP contribution in [-0.4, -0.2) is 30.2 Å². The number of rotatable bonds is 5. The molecule has 0 bridgehead atoms. The molecule has 21 heavy (non-hydrogen) atoms. The highest BCUT2D eigenvalue weighted by Gasteiger charge is 2.27. The van der Waals surface area contributed by atoms with Crippen LogP contribution in [0.3, 0.4) is 0 Å². The fourth-order valence-corrected chi connectivity index (χ4v) is 1.89. The van der Waals surface area contributed by atoms with Crippen molar-refractivity contribution in [2.45, 2.75) is 26.4 Å². The van der Waals surface area contributed by atoms with E-state index < -0.39 is 5.60 Å². The van der Waals surface area contributed by atoms with Crippen LogP contribution in [0.1, 0.15) is 20.8 Å². The monoisotopic (exact) mass is 288 g/mol. The van der Waals surface area contributed by atoms with Crippen molar-refractivity contribution in [2.24, 2.45) is 0 Å². The third-order valence-electron chi connectivity index (χ3n) is 3.34. The summed E-state index contributed by atoms with van der Waals surface area (Å²) in [6, 6.07) is 7.36. The SMILES string of the molecule is CCOc1ccc(NC(=O)C(C)(C)OC)c2cccnc12. The molecule has 0 radical (unpaired) electrons. The second-order valence-electron chi connectivity index (χ2n) is 5.11. The lowest BCUT2D eigenvalue weighted by Gasteiger charge is -2.22. The average molecular weight is 288 g/mol. The first-order valence-electron chi connectivity index (χ1n) is 6.86. The van der Waals surface area contributed by atoms with Crippen LogP contribution >= 0.6 is 0 Å². The Hall–Kier alpha value is -2.14. The summed E-state index contributed by atoms with van der Waals surface area (Å²) in [5, 5.41) is 3.72. The molecule has 2 rings (SSSR count). The topological polar surface area (TPSA) is 60.5 Å². The Morgan fingerprint density at radius 2 is 2.10 bits per heavy atom. The first kappa shape index (κ1) is 15.3. The maximum absolute atomic E-state index is 12.2. The third kappa shape index (κ3) is 3.13. The van der Waals surface area contributed by atoms with Crippen molar-refractivity contribution >= 4 is 22.5 Å². The Balaban J connectivity index is 2.42. The highest BCUT2D eigenvalue weighted by molar-refractivity contribution is 6.05. The number of methoxy groups -OCH3 is 1. The summed E-state index contributed by atoms with van der Waals surface area (Å²) < 4.78 is 10.8. The molecule has 1 N–H and O–H groups in total. The van der Waals surface area contributed by atoms with Crippen molar-refractivity contribution in [3.05, 3.63) is 30.5 Å². The summed E-state index contributed by atoms with van der Waals surface area (Å²) in [5.41, 5.74) is 0.525. The summed E-state index contributed by atoms with van der Waals surface area (Å²) in [6.45, 7) is 5.92. The van der Waals surface area contributed by atoms with Crippen LogP contribution in [0.2, 0.25) is 0 Å². The van der Waals surface area contributed by atoms with Gasteiger partial charge in [0.15, 0.2) is 0 Å². The standard InChI is InChI=1S/C16H20N2O3/c1-5-21-13-9-8-12(11-7-6-10-17-14(11)13)18-15(19)16(2,3)20-4/h6-10H,5H2,1-4H3,(H,18,19). The Morgan fingerprint density at radius 1 is 1.33 bits per heavy atom. The second kappa shape index (κ2) is 6.10. The zero-order chi connectivity index (χ0) is 15.5. The zero-order valence-electron chi connectivity index (χ0n) is 12.8. The minimum absolute atomic E-state index is 0.209. The van der Waals surface area contributed by atoms with Gasteiger partial charge in [-0.25, -0.2) is 0 Å². The fourth-order valence-electron chi connectivity index (χ4n) is 1.89. The normalized spacial score (nSPS) is 11.4. The Morgan fingerprint density at radius 3 is 2.76 bits per heavy atom. The van der Waals surface area contributed by atoms with Crippen molar-refractivity contribution in [1.82, 2.24) is 4.98 Å². The van der Waals surface area contributed by atoms with E-state index in [4.69, 9.17) is 9.47 Å². The molecule has 0 saturated carbocycles. The zero-order valence-corrected chi connectivity index (χ0v) is 12.8. The maximum atomic E-state index is 12.2. The number of ether oxygens (including phenoxy) is 2. The van der Waals surface area contributed by atoms with E-state index in [9.17, 15) is 4.79 Å². The van der Waals surface area contributed by atoms with Crippen molar-refractivity contribution in [2.75, 3.05) is 19.0 Å². The molecule has 1 amide bonds. The summed E-state index contributed by atoms with van der Waals surface area (Å²) in [7, 11) is 1.51. The summed E-state index contributed by atoms with van der Waals surface area (Å²) in [6.07, 6.45) is 1.70. The van der Waals surface area contributed by atoms with Crippen LogP contribution in [0.15, 0.2) is 30.5 Å². The molecule has 1 heterocycles. The number of nitrogens with one attached hydrogen (secondary N) is 1. The Kier molecular flexibility index (Phi) is 4.43. The molecule has 0 aliphatic heterocycles. The second-order valence-corrected chi connectivity index (χ2v) is 5.11. The lowest BCUT2D eigenvalue weighted by atomic mass is 10.1. The molecule has 0 unspecified atom stereocenters. The van der Waals surface area contributed by atoms with Crippen LogP contribution < -0.4 is 10.1 Å². The van der Waals surface area contributed by atoms with Gasteiger partial charge in [0.1, 0.15) is 16.9 Å². The quantitative estimate of drug-likeness (QED) is 0.918. The van der Waals surface area contributed by atoms with E-state index >= 15 is 0 Å². The van der Waals surface area contributed by atoms with Gasteiger partial charge in [-0.1, -0.05) is 0 Å². The first-order valence-corrected chi connectivity index (χ1v) is 6.86. The van der Waals surface area contributed by atoms with Gasteiger partial charge in [0, 0.05) is 18.7 Å². The number of benzene rings is 1. The highest BCUT2D eigenvalue weighted by atomic mass is 16.5. The van der Waals surface area contributed by atoms with Crippen LogP contribution in [0.25, 0.3) is 10.9 Å². The molecule has 0 aliphatic rings. The van der Waals surface area contributed by atoms with Gasteiger partial charge >= 0.3 is 0 Å². The predicted octanol–water partition coefficient (Wildman–Crippen LogP) is 3.00. The summed E-state index contributed by atoms with van der Waals surface area (Å²) >= 11 is 0. The molecule has 0 fully saturated rings. The highest BCUT2D eigenvalue weighted by Crippen LogP contribution is 2.30. The number of pyridine rings is 1. The summed E-state index contributed by atoms with van der Waals surface area (Å²) in [4.78, 5) is 16.6. The number of carbonyl (C=O) groups excluding carboxylic acids is 1. The molecule has 2 aromatic rings. The molecule has 0 saturated heterocycles. The summed E-state index contributed by atoms with van der Waals surface area (Å²) in [5.74, 6) is 0.497. The minimum atomic E-state index is -0.896. The number of aromatic nitrogens is 1. The van der Waals surface area contributed by atoms with Crippen LogP contribution in [0.5, 0.6) is 5.75 Å². The lowest BCUT2D eigenvalue weighted by molar-refractivity contribution is -0.133. The van der Waals surface area contributed by atoms with Crippen molar-refractivity contribution in [1.29, 1.82) is 0 Å². The molecule has 1 aromatic carbocycles. The van der Waals surface area contributed by atoms with Gasteiger partial charge in [-0.15, -0.1) is 0 Å². The van der Waals surface area contributed by atoms with E-state index in [1.165, 1.54) is 7.11 Å². The van der Waals surface area contributed by atoms with Crippen molar-refractivity contribution < 1.29 is 14.3 Å². The van der Waals surface area contributed by atoms with Gasteiger partial charge in [-0.05, 0) is 45.0 Å². The van der Waals surface area contributed by atoms with Gasteiger partial charge < -0.3 is 14.8 Å². The van der Waals surface area contributed by atoms with E-state index in [1.54, 1.807) is 20.0 Å². The smallest absolute Gasteiger partial charge is 0.256 e. The number of hydrogen-bond acceptors (Lipinski definition) is 4. The number of fused-ring (bicyclic) bond motifs is 1. The van der Waals surface area contributed by atoms with E-state index in [0.717, 1.165) is 10.9 Å². The van der Waals surface area contributed by atoms with Gasteiger partial charge in [-0.3, -0.25) is 9.78 Å². The van der Waals surface area contributed by atoms with Gasteiger partial charge in [0.25, 0.3) is 5.91 Å². The maximum Gasteiger partial charge on any atom is 0.256 e. The first-order chi connectivity index (χ1) is 9.99. The molecule has 0 spiro atoms. The molecule has 5 heteroatoms. The van der Waals surface area contributed by atoms with E-state index in [2.05, 4.69) is 10.3 Å². The van der Waals surface area contributed by atoms with Gasteiger partial charge in [0.05, 0.1) is 12.3 Å². The molecule has 0 atom stereocenters. The largest absolute Gasteiger partial charge is 0.492 e. The number of nitrogens with zero attached hydrogens (tertiary/aromatic N) is 1. The van der Waals surface area contributed by atoms with Gasteiger partial charge in [-0.2, -0.15) is 0 Å². The Bertz CT molecular complexity index is 653. The van der Waals surface area contributed by atoms with E-state index in [0.29, 0.717) is 18.0 Å². The van der Waals surface area contributed by atoms with Crippen LogP contribution in [0.4, 0.5) is 5.69 Å². The van der Waals surface area contributed by atoms with Gasteiger partial charge in [0.2, 0.25) is 0 Å². The lowest BCUT2D eigenvalue weighted by Crippen LogP contribution is -2.38. The van der Waals surface area contributed by atoms with Crippen molar-refractivity contribution in [3.8, 4) is 5.75 Å². The molecule has 112 valence electrons. The number of amides is 1. The van der Waals surface area contributed by atoms with E-state index in [-0.39, 0.29) is 5.91 Å². The molecule has 1 aromatic heterocycles. The van der Waals surface area contributed by atoms with Crippen LogP contribution in [0, 0.1) is 0 Å². The number of carbonyl (C=O) groups is 1. The predicted molar refractivity (Wildman–Crippen MR) is 82.6 cm³/mol. The third-order valence-corrected chi connectivity index (χ3v) is 3.34. The van der Waals surface area contributed by atoms with Crippen LogP contribution in [-0.2, 0) is 9.53 Å². The molecule has 5 nitrogen and oxygen atoms in total. The minimum Gasteiger partial charge on any atom is -0.492 e. The molecular formula is C16H20N2O3. The number of anilines is 1. The van der Waals surface area contributed by atoms with Crippen molar-refractivity contribution in [3.63, 3.8) is 0 Å². The van der Waals surface area contributed by atoms with E-state index in [1.807, 2.05) is 31.2 Å². The molecule has 0 aliphatic carbocycles. The fraction of sp³-hybridized carbons (Fsp3) is 0.375. The molecular weight excluding hydrogens is 268 g/mol. The number of hydrogen-bond donors (Lipinski definition) is 1. The Labute approximate surface area is 124 Å². The average Bonchev–Trinajstić information content (AvgIpc) is 2.49.